The van der Waals surface area contributed by atoms with Gasteiger partial charge >= 0.3 is 0 Å². The zero-order valence-corrected chi connectivity index (χ0v) is 14.6. The number of hydrogen-bond acceptors (Lipinski definition) is 4. The zero-order valence-electron chi connectivity index (χ0n) is 13.8. The van der Waals surface area contributed by atoms with Gasteiger partial charge in [-0.05, 0) is 37.5 Å². The second-order valence-electron chi connectivity index (χ2n) is 7.17. The van der Waals surface area contributed by atoms with Crippen molar-refractivity contribution in [3.8, 4) is 0 Å². The third kappa shape index (κ3) is 3.25. The van der Waals surface area contributed by atoms with Crippen molar-refractivity contribution in [1.82, 2.24) is 10.2 Å². The molecule has 0 aliphatic carbocycles. The van der Waals surface area contributed by atoms with Gasteiger partial charge in [-0.2, -0.15) is 0 Å². The van der Waals surface area contributed by atoms with Crippen LogP contribution in [0, 0.1) is 0 Å². The fourth-order valence-electron chi connectivity index (χ4n) is 4.19. The first-order valence-electron chi connectivity index (χ1n) is 8.79. The minimum Gasteiger partial charge on any atom is -0.371 e. The smallest absolute Gasteiger partial charge is 0.246 e. The molecule has 1 aromatic carbocycles. The van der Waals surface area contributed by atoms with Crippen LogP contribution < -0.4 is 10.2 Å². The lowest BCUT2D eigenvalue weighted by Crippen LogP contribution is -2.54. The van der Waals surface area contributed by atoms with Gasteiger partial charge in [0.2, 0.25) is 5.91 Å². The molecule has 0 bridgehead atoms. The van der Waals surface area contributed by atoms with E-state index in [1.165, 1.54) is 5.69 Å². The average Bonchev–Trinajstić information content (AvgIpc) is 3.02. The molecule has 3 fully saturated rings. The van der Waals surface area contributed by atoms with Crippen molar-refractivity contribution in [2.45, 2.75) is 30.9 Å². The summed E-state index contributed by atoms with van der Waals surface area (Å²) in [4.78, 5) is 16.3. The van der Waals surface area contributed by atoms with E-state index < -0.39 is 0 Å². The number of nitrogens with one attached hydrogen (secondary N) is 1. The van der Waals surface area contributed by atoms with Crippen molar-refractivity contribution in [3.05, 3.63) is 29.3 Å². The lowest BCUT2D eigenvalue weighted by atomic mass is 10.0. The van der Waals surface area contributed by atoms with Crippen LogP contribution >= 0.6 is 11.6 Å². The van der Waals surface area contributed by atoms with Crippen LogP contribution in [0.1, 0.15) is 19.3 Å². The van der Waals surface area contributed by atoms with E-state index >= 15 is 0 Å². The molecule has 3 saturated heterocycles. The first-order valence-corrected chi connectivity index (χ1v) is 9.17. The molecule has 0 radical (unpaired) electrons. The summed E-state index contributed by atoms with van der Waals surface area (Å²) in [6.07, 6.45) is 3.34. The number of nitrogens with zero attached hydrogens (tertiary/aromatic N) is 2. The van der Waals surface area contributed by atoms with Crippen LogP contribution in [0.15, 0.2) is 24.3 Å². The summed E-state index contributed by atoms with van der Waals surface area (Å²) in [5.41, 5.74) is 1.06. The van der Waals surface area contributed by atoms with Gasteiger partial charge in [0, 0.05) is 49.5 Å². The highest BCUT2D eigenvalue weighted by molar-refractivity contribution is 6.30. The van der Waals surface area contributed by atoms with Gasteiger partial charge in [0.05, 0.1) is 5.60 Å². The lowest BCUT2D eigenvalue weighted by molar-refractivity contribution is -0.142. The van der Waals surface area contributed by atoms with Crippen LogP contribution in [0.2, 0.25) is 5.02 Å². The summed E-state index contributed by atoms with van der Waals surface area (Å²) < 4.78 is 5.88. The maximum atomic E-state index is 11.3. The molecule has 6 heteroatoms. The average molecular weight is 350 g/mol. The Balaban J connectivity index is 1.33. The predicted molar refractivity (Wildman–Crippen MR) is 94.6 cm³/mol. The molecule has 1 amide bonds. The molecule has 0 saturated carbocycles. The Morgan fingerprint density at radius 3 is 2.79 bits per heavy atom. The minimum absolute atomic E-state index is 0.00825. The number of piperidine rings is 1. The molecular weight excluding hydrogens is 326 g/mol. The Hall–Kier alpha value is -1.30. The standard InChI is InChI=1S/C18H24ClN3O2/c19-14-2-1-3-16(10-14)21-7-4-15(5-8-21)22-9-6-18(13-22)12-20-17(23)11-24-18/h1-3,10,15H,4-9,11-13H2,(H,20,23). The fourth-order valence-corrected chi connectivity index (χ4v) is 4.38. The summed E-state index contributed by atoms with van der Waals surface area (Å²) >= 11 is 6.11. The Morgan fingerprint density at radius 2 is 2.08 bits per heavy atom. The van der Waals surface area contributed by atoms with Crippen molar-refractivity contribution < 1.29 is 9.53 Å². The number of carbonyl (C=O) groups is 1. The van der Waals surface area contributed by atoms with E-state index in [9.17, 15) is 4.79 Å². The van der Waals surface area contributed by atoms with Crippen LogP contribution in [-0.2, 0) is 9.53 Å². The van der Waals surface area contributed by atoms with E-state index in [4.69, 9.17) is 16.3 Å². The summed E-state index contributed by atoms with van der Waals surface area (Å²) in [5, 5.41) is 3.76. The van der Waals surface area contributed by atoms with Crippen molar-refractivity contribution in [1.29, 1.82) is 0 Å². The molecule has 1 atom stereocenters. The monoisotopic (exact) mass is 349 g/mol. The normalized spacial score (nSPS) is 29.2. The molecule has 1 unspecified atom stereocenters. The van der Waals surface area contributed by atoms with Crippen LogP contribution in [0.5, 0.6) is 0 Å². The first-order chi connectivity index (χ1) is 11.6. The molecule has 3 heterocycles. The number of likely N-dealkylation sites (tertiary alicyclic amines) is 1. The third-order valence-corrected chi connectivity index (χ3v) is 5.85. The number of hydrogen-bond donors (Lipinski definition) is 1. The Bertz CT molecular complexity index is 606. The van der Waals surface area contributed by atoms with E-state index in [-0.39, 0.29) is 18.1 Å². The van der Waals surface area contributed by atoms with E-state index in [0.29, 0.717) is 12.6 Å². The number of morpholine rings is 1. The van der Waals surface area contributed by atoms with Crippen molar-refractivity contribution in [2.24, 2.45) is 0 Å². The molecule has 1 N–H and O–H groups in total. The Morgan fingerprint density at radius 1 is 1.25 bits per heavy atom. The van der Waals surface area contributed by atoms with E-state index in [1.54, 1.807) is 0 Å². The molecule has 0 aromatic heterocycles. The van der Waals surface area contributed by atoms with Gasteiger partial charge in [-0.3, -0.25) is 9.69 Å². The number of ether oxygens (including phenoxy) is 1. The van der Waals surface area contributed by atoms with Crippen LogP contribution in [0.4, 0.5) is 5.69 Å². The number of amides is 1. The quantitative estimate of drug-likeness (QED) is 0.885. The van der Waals surface area contributed by atoms with Gasteiger partial charge in [-0.1, -0.05) is 17.7 Å². The maximum absolute atomic E-state index is 11.3. The van der Waals surface area contributed by atoms with Crippen LogP contribution in [0.25, 0.3) is 0 Å². The van der Waals surface area contributed by atoms with Crippen molar-refractivity contribution in [3.63, 3.8) is 0 Å². The Labute approximate surface area is 147 Å². The summed E-state index contributed by atoms with van der Waals surface area (Å²) in [6, 6.07) is 8.73. The zero-order chi connectivity index (χ0) is 16.6. The largest absolute Gasteiger partial charge is 0.371 e. The molecule has 3 aliphatic rings. The first kappa shape index (κ1) is 16.2. The predicted octanol–water partition coefficient (Wildman–Crippen LogP) is 1.90. The number of carbonyl (C=O) groups excluding carboxylic acids is 1. The van der Waals surface area contributed by atoms with Crippen molar-refractivity contribution in [2.75, 3.05) is 44.2 Å². The summed E-state index contributed by atoms with van der Waals surface area (Å²) in [6.45, 7) is 5.00. The molecular formula is C18H24ClN3O2. The highest BCUT2D eigenvalue weighted by Crippen LogP contribution is 2.32. The minimum atomic E-state index is -0.155. The summed E-state index contributed by atoms with van der Waals surface area (Å²) in [5.74, 6) is 0.00825. The van der Waals surface area contributed by atoms with Crippen molar-refractivity contribution >= 4 is 23.2 Å². The molecule has 5 nitrogen and oxygen atoms in total. The highest BCUT2D eigenvalue weighted by Gasteiger charge is 2.44. The molecule has 3 aliphatic heterocycles. The van der Waals surface area contributed by atoms with E-state index in [1.807, 2.05) is 18.2 Å². The number of rotatable bonds is 2. The second-order valence-corrected chi connectivity index (χ2v) is 7.60. The molecule has 1 spiro atoms. The Kier molecular flexibility index (Phi) is 4.41. The third-order valence-electron chi connectivity index (χ3n) is 5.62. The van der Waals surface area contributed by atoms with Gasteiger partial charge < -0.3 is 15.0 Å². The number of benzene rings is 1. The lowest BCUT2D eigenvalue weighted by Gasteiger charge is -2.39. The number of halogens is 1. The molecule has 130 valence electrons. The number of anilines is 1. The van der Waals surface area contributed by atoms with Crippen LogP contribution in [-0.4, -0.2) is 61.8 Å². The second kappa shape index (κ2) is 6.54. The van der Waals surface area contributed by atoms with Gasteiger partial charge in [-0.25, -0.2) is 0 Å². The fraction of sp³-hybridized carbons (Fsp3) is 0.611. The van der Waals surface area contributed by atoms with Gasteiger partial charge in [-0.15, -0.1) is 0 Å². The van der Waals surface area contributed by atoms with Gasteiger partial charge in [0.1, 0.15) is 6.61 Å². The van der Waals surface area contributed by atoms with Crippen LogP contribution in [0.3, 0.4) is 0 Å². The highest BCUT2D eigenvalue weighted by atomic mass is 35.5. The molecule has 4 rings (SSSR count). The molecule has 1 aromatic rings. The molecule has 24 heavy (non-hydrogen) atoms. The maximum Gasteiger partial charge on any atom is 0.246 e. The van der Waals surface area contributed by atoms with Gasteiger partial charge in [0.25, 0.3) is 0 Å². The SMILES string of the molecule is O=C1COC2(CCN(C3CCN(c4cccc(Cl)c4)CC3)C2)CN1. The summed E-state index contributed by atoms with van der Waals surface area (Å²) in [7, 11) is 0. The van der Waals surface area contributed by atoms with E-state index in [0.717, 1.165) is 50.5 Å². The van der Waals surface area contributed by atoms with Gasteiger partial charge in [0.15, 0.2) is 0 Å². The topological polar surface area (TPSA) is 44.8 Å². The van der Waals surface area contributed by atoms with E-state index in [2.05, 4.69) is 21.2 Å².